The number of rotatable bonds is 8. The minimum absolute atomic E-state index is 0.0763. The second-order valence-electron chi connectivity index (χ2n) is 6.11. The van der Waals surface area contributed by atoms with Gasteiger partial charge in [0, 0.05) is 13.0 Å². The van der Waals surface area contributed by atoms with Crippen LogP contribution in [-0.4, -0.2) is 42.7 Å². The Bertz CT molecular complexity index is 1150. The monoisotopic (exact) mass is 464 g/mol. The maximum atomic E-state index is 12.2. The molecule has 8 nitrogen and oxygen atoms in total. The second-order valence-corrected chi connectivity index (χ2v) is 9.57. The van der Waals surface area contributed by atoms with E-state index in [1.165, 1.54) is 12.1 Å². The first-order chi connectivity index (χ1) is 14.3. The van der Waals surface area contributed by atoms with Gasteiger partial charge in [-0.3, -0.25) is 14.9 Å². The first-order valence-corrected chi connectivity index (χ1v) is 11.6. The number of nitrogens with one attached hydrogen (secondary N) is 2. The molecule has 2 N–H and O–H groups in total. The number of halogens is 1. The van der Waals surface area contributed by atoms with Crippen molar-refractivity contribution < 1.29 is 18.0 Å². The molecule has 1 aromatic heterocycles. The molecule has 0 saturated heterocycles. The quantitative estimate of drug-likeness (QED) is 0.529. The third kappa shape index (κ3) is 5.85. The maximum Gasteiger partial charge on any atom is 0.252 e. The zero-order valence-electron chi connectivity index (χ0n) is 15.5. The molecule has 0 spiro atoms. The van der Waals surface area contributed by atoms with Gasteiger partial charge >= 0.3 is 0 Å². The largest absolute Gasteiger partial charge is 0.352 e. The number of anilines is 1. The summed E-state index contributed by atoms with van der Waals surface area (Å²) in [5.41, 5.74) is 0.379. The predicted octanol–water partition coefficient (Wildman–Crippen LogP) is 2.58. The predicted molar refractivity (Wildman–Crippen MR) is 115 cm³/mol. The molecule has 0 aliphatic carbocycles. The van der Waals surface area contributed by atoms with Crippen molar-refractivity contribution in [2.24, 2.45) is 0 Å². The number of aromatic nitrogens is 2. The first-order valence-electron chi connectivity index (χ1n) is 8.78. The van der Waals surface area contributed by atoms with Crippen LogP contribution in [0.15, 0.2) is 59.5 Å². The van der Waals surface area contributed by atoms with Crippen LogP contribution in [0.1, 0.15) is 15.4 Å². The number of benzene rings is 2. The second kappa shape index (κ2) is 9.79. The van der Waals surface area contributed by atoms with Crippen molar-refractivity contribution in [3.05, 3.63) is 70.2 Å². The smallest absolute Gasteiger partial charge is 0.252 e. The highest BCUT2D eigenvalue weighted by Gasteiger charge is 2.20. The maximum absolute atomic E-state index is 12.2. The molecule has 0 unspecified atom stereocenters. The van der Waals surface area contributed by atoms with Gasteiger partial charge in [0.05, 0.1) is 15.5 Å². The summed E-state index contributed by atoms with van der Waals surface area (Å²) in [7, 11) is -3.74. The number of amides is 2. The third-order valence-electron chi connectivity index (χ3n) is 3.88. The van der Waals surface area contributed by atoms with Crippen LogP contribution < -0.4 is 10.6 Å². The van der Waals surface area contributed by atoms with Crippen molar-refractivity contribution >= 4 is 49.7 Å². The van der Waals surface area contributed by atoms with Crippen molar-refractivity contribution in [3.63, 3.8) is 0 Å². The number of nitrogens with zero attached hydrogens (tertiary/aromatic N) is 2. The van der Waals surface area contributed by atoms with E-state index in [-0.39, 0.29) is 15.9 Å². The van der Waals surface area contributed by atoms with Crippen molar-refractivity contribution in [3.8, 4) is 0 Å². The van der Waals surface area contributed by atoms with E-state index in [2.05, 4.69) is 20.8 Å². The van der Waals surface area contributed by atoms with Crippen LogP contribution in [0.2, 0.25) is 5.02 Å². The van der Waals surface area contributed by atoms with Crippen LogP contribution in [0.3, 0.4) is 0 Å². The van der Waals surface area contributed by atoms with Crippen molar-refractivity contribution in [1.82, 2.24) is 15.5 Å². The molecule has 0 saturated carbocycles. The van der Waals surface area contributed by atoms with Gasteiger partial charge in [-0.15, -0.1) is 10.2 Å². The lowest BCUT2D eigenvalue weighted by Crippen LogP contribution is -2.25. The van der Waals surface area contributed by atoms with Crippen LogP contribution in [0.5, 0.6) is 0 Å². The molecule has 2 aromatic carbocycles. The van der Waals surface area contributed by atoms with Gasteiger partial charge in [-0.05, 0) is 24.3 Å². The number of hydrogen-bond acceptors (Lipinski definition) is 7. The number of sulfone groups is 1. The molecule has 11 heteroatoms. The molecular weight excluding hydrogens is 448 g/mol. The SMILES string of the molecule is O=C(CS(=O)(=O)c1ccccc1)Nc1nnc(CCNC(=O)c2ccccc2Cl)s1. The summed E-state index contributed by atoms with van der Waals surface area (Å²) in [6.07, 6.45) is 0.395. The van der Waals surface area contributed by atoms with E-state index in [1.807, 2.05) is 0 Å². The third-order valence-corrected chi connectivity index (χ3v) is 6.74. The average molecular weight is 465 g/mol. The van der Waals surface area contributed by atoms with Crippen LogP contribution in [0.25, 0.3) is 0 Å². The lowest BCUT2D eigenvalue weighted by atomic mass is 10.2. The molecule has 0 atom stereocenters. The van der Waals surface area contributed by atoms with Crippen LogP contribution >= 0.6 is 22.9 Å². The highest BCUT2D eigenvalue weighted by molar-refractivity contribution is 7.92. The summed E-state index contributed by atoms with van der Waals surface area (Å²) in [4.78, 5) is 24.3. The first kappa shape index (κ1) is 21.9. The zero-order valence-corrected chi connectivity index (χ0v) is 17.9. The normalized spacial score (nSPS) is 11.1. The van der Waals surface area contributed by atoms with Gasteiger partial charge in [0.2, 0.25) is 11.0 Å². The van der Waals surface area contributed by atoms with Gasteiger partial charge in [0.15, 0.2) is 9.84 Å². The van der Waals surface area contributed by atoms with Gasteiger partial charge in [0.25, 0.3) is 5.91 Å². The summed E-state index contributed by atoms with van der Waals surface area (Å²) >= 11 is 7.09. The topological polar surface area (TPSA) is 118 Å². The number of hydrogen-bond donors (Lipinski definition) is 2. The van der Waals surface area contributed by atoms with Gasteiger partial charge in [0.1, 0.15) is 10.8 Å². The Morgan fingerprint density at radius 2 is 1.70 bits per heavy atom. The van der Waals surface area contributed by atoms with E-state index in [1.54, 1.807) is 42.5 Å². The summed E-state index contributed by atoms with van der Waals surface area (Å²) < 4.78 is 24.5. The van der Waals surface area contributed by atoms with Crippen molar-refractivity contribution in [2.75, 3.05) is 17.6 Å². The Kier molecular flexibility index (Phi) is 7.14. The lowest BCUT2D eigenvalue weighted by molar-refractivity contribution is -0.113. The number of carbonyl (C=O) groups is 2. The summed E-state index contributed by atoms with van der Waals surface area (Å²) in [5.74, 6) is -1.70. The van der Waals surface area contributed by atoms with E-state index >= 15 is 0 Å². The fourth-order valence-corrected chi connectivity index (χ4v) is 4.60. The molecule has 0 radical (unpaired) electrons. The average Bonchev–Trinajstić information content (AvgIpc) is 3.15. The van der Waals surface area contributed by atoms with Gasteiger partial charge in [-0.1, -0.05) is 53.3 Å². The molecule has 3 rings (SSSR count). The van der Waals surface area contributed by atoms with Crippen LogP contribution in [0.4, 0.5) is 5.13 Å². The molecule has 1 heterocycles. The molecule has 0 aliphatic heterocycles. The fraction of sp³-hybridized carbons (Fsp3) is 0.158. The lowest BCUT2D eigenvalue weighted by Gasteiger charge is -2.05. The summed E-state index contributed by atoms with van der Waals surface area (Å²) in [6.45, 7) is 0.301. The van der Waals surface area contributed by atoms with Gasteiger partial charge in [-0.25, -0.2) is 8.42 Å². The Morgan fingerprint density at radius 1 is 1.00 bits per heavy atom. The Labute approximate surface area is 182 Å². The Hall–Kier alpha value is -2.82. The van der Waals surface area contributed by atoms with E-state index in [4.69, 9.17) is 11.6 Å². The Balaban J connectivity index is 1.50. The van der Waals surface area contributed by atoms with Crippen molar-refractivity contribution in [2.45, 2.75) is 11.3 Å². The standard InChI is InChI=1S/C19H17ClN4O4S2/c20-15-9-5-4-8-14(15)18(26)21-11-10-17-23-24-19(29-17)22-16(25)12-30(27,28)13-6-2-1-3-7-13/h1-9H,10-12H2,(H,21,26)(H,22,24,25). The minimum Gasteiger partial charge on any atom is -0.352 e. The Morgan fingerprint density at radius 3 is 2.43 bits per heavy atom. The van der Waals surface area contributed by atoms with E-state index < -0.39 is 21.5 Å². The van der Waals surface area contributed by atoms with E-state index in [0.717, 1.165) is 11.3 Å². The highest BCUT2D eigenvalue weighted by atomic mass is 35.5. The van der Waals surface area contributed by atoms with E-state index in [0.29, 0.717) is 28.6 Å². The minimum atomic E-state index is -3.74. The molecule has 0 fully saturated rings. The molecule has 156 valence electrons. The molecule has 2 amide bonds. The summed E-state index contributed by atoms with van der Waals surface area (Å²) in [5, 5.41) is 14.1. The van der Waals surface area contributed by atoms with Gasteiger partial charge < -0.3 is 5.32 Å². The summed E-state index contributed by atoms with van der Waals surface area (Å²) in [6, 6.07) is 14.5. The number of carbonyl (C=O) groups excluding carboxylic acids is 2. The molecule has 0 bridgehead atoms. The van der Waals surface area contributed by atoms with Gasteiger partial charge in [-0.2, -0.15) is 0 Å². The van der Waals surface area contributed by atoms with Crippen LogP contribution in [-0.2, 0) is 21.1 Å². The molecule has 0 aliphatic rings. The molecule has 3 aromatic rings. The zero-order chi connectivity index (χ0) is 21.6. The van der Waals surface area contributed by atoms with Crippen LogP contribution in [0, 0.1) is 0 Å². The molecular formula is C19H17ClN4O4S2. The van der Waals surface area contributed by atoms with Crippen molar-refractivity contribution in [1.29, 1.82) is 0 Å². The highest BCUT2D eigenvalue weighted by Crippen LogP contribution is 2.17. The fourth-order valence-electron chi connectivity index (χ4n) is 2.47. The molecule has 30 heavy (non-hydrogen) atoms. The van der Waals surface area contributed by atoms with E-state index in [9.17, 15) is 18.0 Å².